The summed E-state index contributed by atoms with van der Waals surface area (Å²) in [5.41, 5.74) is 2.33. The predicted octanol–water partition coefficient (Wildman–Crippen LogP) is 2.71. The number of hydrogen-bond acceptors (Lipinski definition) is 5. The number of carbonyl (C=O) groups excluding carboxylic acids is 1. The van der Waals surface area contributed by atoms with Gasteiger partial charge in [0, 0.05) is 24.2 Å². The number of amides is 1. The van der Waals surface area contributed by atoms with Gasteiger partial charge in [0.2, 0.25) is 5.76 Å². The van der Waals surface area contributed by atoms with Gasteiger partial charge in [-0.2, -0.15) is 0 Å². The van der Waals surface area contributed by atoms with Crippen LogP contribution in [0.3, 0.4) is 0 Å². The highest BCUT2D eigenvalue weighted by molar-refractivity contribution is 6.02. The molecule has 1 aliphatic rings. The molecule has 2 heterocycles. The van der Waals surface area contributed by atoms with Gasteiger partial charge in [-0.05, 0) is 25.5 Å². The molecule has 0 radical (unpaired) electrons. The van der Waals surface area contributed by atoms with Crippen molar-refractivity contribution in [2.45, 2.75) is 26.4 Å². The van der Waals surface area contributed by atoms with Crippen molar-refractivity contribution in [2.75, 3.05) is 18.5 Å². The lowest BCUT2D eigenvalue weighted by Gasteiger charge is -2.15. The van der Waals surface area contributed by atoms with E-state index in [1.165, 1.54) is 0 Å². The monoisotopic (exact) mass is 302 g/mol. The zero-order chi connectivity index (χ0) is 15.5. The van der Waals surface area contributed by atoms with E-state index in [1.807, 2.05) is 25.1 Å². The van der Waals surface area contributed by atoms with Crippen LogP contribution < -0.4 is 10.1 Å². The summed E-state index contributed by atoms with van der Waals surface area (Å²) in [6, 6.07) is 7.15. The molecule has 1 aromatic heterocycles. The lowest BCUT2D eigenvalue weighted by molar-refractivity contribution is 0.0988. The van der Waals surface area contributed by atoms with E-state index < -0.39 is 0 Å². The number of ether oxygens (including phenoxy) is 2. The second-order valence-corrected chi connectivity index (χ2v) is 5.37. The Hall–Kier alpha value is -2.34. The van der Waals surface area contributed by atoms with Crippen LogP contribution in [-0.4, -0.2) is 30.4 Å². The zero-order valence-electron chi connectivity index (χ0n) is 12.6. The zero-order valence-corrected chi connectivity index (χ0v) is 12.6. The Morgan fingerprint density at radius 2 is 2.23 bits per heavy atom. The molecule has 0 unspecified atom stereocenters. The fraction of sp³-hybridized carbons (Fsp3) is 0.375. The molecule has 2 aromatic rings. The van der Waals surface area contributed by atoms with Gasteiger partial charge in [0.15, 0.2) is 0 Å². The number of nitrogens with zero attached hydrogens (tertiary/aromatic N) is 1. The number of hydrogen-bond donors (Lipinski definition) is 1. The summed E-state index contributed by atoms with van der Waals surface area (Å²) in [7, 11) is 0. The molecule has 0 spiro atoms. The molecule has 1 amide bonds. The minimum atomic E-state index is -0.334. The van der Waals surface area contributed by atoms with Crippen molar-refractivity contribution in [1.82, 2.24) is 5.16 Å². The van der Waals surface area contributed by atoms with Crippen molar-refractivity contribution >= 4 is 11.6 Å². The smallest absolute Gasteiger partial charge is 0.294 e. The number of anilines is 1. The molecule has 1 aromatic carbocycles. The standard InChI is InChI=1S/C16H18N2O4/c1-10-3-4-12(8-14(10)21-13-5-6-20-9-13)17-16(19)15-7-11(2)18-22-15/h3-4,7-8,13H,5-6,9H2,1-2H3,(H,17,19)/t13-/m0/s1. The van der Waals surface area contributed by atoms with Gasteiger partial charge in [-0.3, -0.25) is 4.79 Å². The van der Waals surface area contributed by atoms with Crippen LogP contribution >= 0.6 is 0 Å². The first kappa shape index (κ1) is 14.6. The highest BCUT2D eigenvalue weighted by Crippen LogP contribution is 2.25. The van der Waals surface area contributed by atoms with Gasteiger partial charge in [-0.1, -0.05) is 11.2 Å². The number of rotatable bonds is 4. The molecule has 6 heteroatoms. The molecule has 0 bridgehead atoms. The molecule has 116 valence electrons. The minimum Gasteiger partial charge on any atom is -0.488 e. The van der Waals surface area contributed by atoms with E-state index in [9.17, 15) is 4.79 Å². The van der Waals surface area contributed by atoms with Crippen LogP contribution in [0.25, 0.3) is 0 Å². The predicted molar refractivity (Wildman–Crippen MR) is 80.2 cm³/mol. The second kappa shape index (κ2) is 6.19. The average molecular weight is 302 g/mol. The summed E-state index contributed by atoms with van der Waals surface area (Å²) in [4.78, 5) is 12.1. The lowest BCUT2D eigenvalue weighted by Crippen LogP contribution is -2.17. The Kier molecular flexibility index (Phi) is 4.11. The van der Waals surface area contributed by atoms with Gasteiger partial charge < -0.3 is 19.3 Å². The highest BCUT2D eigenvalue weighted by atomic mass is 16.5. The van der Waals surface area contributed by atoms with Crippen molar-refractivity contribution in [3.8, 4) is 5.75 Å². The highest BCUT2D eigenvalue weighted by Gasteiger charge is 2.18. The molecule has 1 aliphatic heterocycles. The van der Waals surface area contributed by atoms with Gasteiger partial charge in [-0.25, -0.2) is 0 Å². The van der Waals surface area contributed by atoms with Crippen LogP contribution in [0.4, 0.5) is 5.69 Å². The summed E-state index contributed by atoms with van der Waals surface area (Å²) in [6.45, 7) is 5.07. The molecule has 1 fully saturated rings. The van der Waals surface area contributed by atoms with Gasteiger partial charge in [0.05, 0.1) is 18.9 Å². The average Bonchev–Trinajstić information content (AvgIpc) is 3.14. The third-order valence-corrected chi connectivity index (χ3v) is 3.48. The summed E-state index contributed by atoms with van der Waals surface area (Å²) in [6.07, 6.45) is 0.953. The molecule has 3 rings (SSSR count). The van der Waals surface area contributed by atoms with E-state index >= 15 is 0 Å². The van der Waals surface area contributed by atoms with Crippen LogP contribution in [0.1, 0.15) is 28.2 Å². The lowest BCUT2D eigenvalue weighted by atomic mass is 10.2. The SMILES string of the molecule is Cc1cc(C(=O)Nc2ccc(C)c(O[C@H]3CCOC3)c2)on1. The molecule has 0 saturated carbocycles. The third kappa shape index (κ3) is 3.28. The van der Waals surface area contributed by atoms with Crippen LogP contribution in [0.2, 0.25) is 0 Å². The van der Waals surface area contributed by atoms with E-state index in [0.29, 0.717) is 18.0 Å². The Labute approximate surface area is 128 Å². The Morgan fingerprint density at radius 3 is 2.91 bits per heavy atom. The maximum atomic E-state index is 12.1. The topological polar surface area (TPSA) is 73.6 Å². The van der Waals surface area contributed by atoms with E-state index in [2.05, 4.69) is 10.5 Å². The minimum absolute atomic E-state index is 0.0709. The molecule has 1 saturated heterocycles. The van der Waals surface area contributed by atoms with Crippen LogP contribution in [-0.2, 0) is 4.74 Å². The summed E-state index contributed by atoms with van der Waals surface area (Å²) < 4.78 is 16.2. The molecular formula is C16H18N2O4. The number of benzene rings is 1. The maximum Gasteiger partial charge on any atom is 0.294 e. The number of aryl methyl sites for hydroxylation is 2. The fourth-order valence-electron chi connectivity index (χ4n) is 2.25. The molecule has 22 heavy (non-hydrogen) atoms. The molecular weight excluding hydrogens is 284 g/mol. The summed E-state index contributed by atoms with van der Waals surface area (Å²) >= 11 is 0. The van der Waals surface area contributed by atoms with Gasteiger partial charge in [-0.15, -0.1) is 0 Å². The second-order valence-electron chi connectivity index (χ2n) is 5.37. The van der Waals surface area contributed by atoms with Crippen molar-refractivity contribution in [3.05, 3.63) is 41.3 Å². The summed E-state index contributed by atoms with van der Waals surface area (Å²) in [5, 5.41) is 6.49. The first-order chi connectivity index (χ1) is 10.6. The third-order valence-electron chi connectivity index (χ3n) is 3.48. The van der Waals surface area contributed by atoms with E-state index in [4.69, 9.17) is 14.0 Å². The largest absolute Gasteiger partial charge is 0.488 e. The molecule has 1 N–H and O–H groups in total. The first-order valence-electron chi connectivity index (χ1n) is 7.21. The van der Waals surface area contributed by atoms with Crippen molar-refractivity contribution in [2.24, 2.45) is 0 Å². The van der Waals surface area contributed by atoms with E-state index in [1.54, 1.807) is 13.0 Å². The quantitative estimate of drug-likeness (QED) is 0.940. The summed E-state index contributed by atoms with van der Waals surface area (Å²) in [5.74, 6) is 0.603. The van der Waals surface area contributed by atoms with E-state index in [-0.39, 0.29) is 17.8 Å². The Balaban J connectivity index is 1.72. The van der Waals surface area contributed by atoms with Crippen molar-refractivity contribution in [1.29, 1.82) is 0 Å². The number of nitrogens with one attached hydrogen (secondary N) is 1. The van der Waals surface area contributed by atoms with Gasteiger partial charge in [0.1, 0.15) is 11.9 Å². The number of carbonyl (C=O) groups is 1. The van der Waals surface area contributed by atoms with E-state index in [0.717, 1.165) is 24.3 Å². The number of aromatic nitrogens is 1. The normalized spacial score (nSPS) is 17.5. The van der Waals surface area contributed by atoms with Crippen LogP contribution in [0.5, 0.6) is 5.75 Å². The maximum absolute atomic E-state index is 12.1. The van der Waals surface area contributed by atoms with Crippen LogP contribution in [0, 0.1) is 13.8 Å². The molecule has 6 nitrogen and oxygen atoms in total. The van der Waals surface area contributed by atoms with Gasteiger partial charge in [0.25, 0.3) is 5.91 Å². The Morgan fingerprint density at radius 1 is 1.36 bits per heavy atom. The van der Waals surface area contributed by atoms with Crippen molar-refractivity contribution in [3.63, 3.8) is 0 Å². The Bertz CT molecular complexity index is 675. The first-order valence-corrected chi connectivity index (χ1v) is 7.21. The van der Waals surface area contributed by atoms with Gasteiger partial charge >= 0.3 is 0 Å². The van der Waals surface area contributed by atoms with Crippen molar-refractivity contribution < 1.29 is 18.8 Å². The molecule has 0 aliphatic carbocycles. The fourth-order valence-corrected chi connectivity index (χ4v) is 2.25. The van der Waals surface area contributed by atoms with Crippen LogP contribution in [0.15, 0.2) is 28.8 Å². The molecule has 1 atom stereocenters.